The first-order valence-electron chi connectivity index (χ1n) is 5.51. The van der Waals surface area contributed by atoms with Gasteiger partial charge < -0.3 is 9.73 Å². The number of hydrogen-bond acceptors (Lipinski definition) is 5. The minimum absolute atomic E-state index is 0.193. The summed E-state index contributed by atoms with van der Waals surface area (Å²) in [7, 11) is 1.60. The van der Waals surface area contributed by atoms with E-state index in [2.05, 4.69) is 31.3 Å². The third-order valence-corrected chi connectivity index (χ3v) is 3.22. The van der Waals surface area contributed by atoms with Gasteiger partial charge in [0.25, 0.3) is 5.56 Å². The van der Waals surface area contributed by atoms with Crippen molar-refractivity contribution in [3.63, 3.8) is 0 Å². The summed E-state index contributed by atoms with van der Waals surface area (Å²) in [6, 6.07) is 0. The van der Waals surface area contributed by atoms with Crippen LogP contribution in [0.3, 0.4) is 0 Å². The molecule has 7 heteroatoms. The molecule has 0 spiro atoms. The fraction of sp³-hybridized carbons (Fsp3) is 0.364. The summed E-state index contributed by atoms with van der Waals surface area (Å²) in [6.45, 7) is 2.41. The first-order chi connectivity index (χ1) is 8.61. The standard InChI is InChI=1S/C11H13BrN4O2/c1-3-7-4-14-9(18-7)6-13-8-5-15-16(2)11(17)10(8)12/h4-5,13H,3,6H2,1-2H3. The summed E-state index contributed by atoms with van der Waals surface area (Å²) >= 11 is 3.24. The summed E-state index contributed by atoms with van der Waals surface area (Å²) < 4.78 is 7.16. The Morgan fingerprint density at radius 1 is 1.50 bits per heavy atom. The molecule has 18 heavy (non-hydrogen) atoms. The Labute approximate surface area is 112 Å². The average molecular weight is 313 g/mol. The maximum atomic E-state index is 11.6. The van der Waals surface area contributed by atoms with Gasteiger partial charge in [0.15, 0.2) is 0 Å². The summed E-state index contributed by atoms with van der Waals surface area (Å²) in [5.74, 6) is 1.42. The number of aromatic nitrogens is 3. The molecule has 6 nitrogen and oxygen atoms in total. The number of hydrogen-bond donors (Lipinski definition) is 1. The molecule has 0 radical (unpaired) electrons. The average Bonchev–Trinajstić information content (AvgIpc) is 2.83. The molecule has 0 bridgehead atoms. The minimum Gasteiger partial charge on any atom is -0.444 e. The molecule has 0 unspecified atom stereocenters. The van der Waals surface area contributed by atoms with Crippen LogP contribution in [-0.2, 0) is 20.0 Å². The zero-order valence-corrected chi connectivity index (χ0v) is 11.7. The van der Waals surface area contributed by atoms with Crippen molar-refractivity contribution in [2.45, 2.75) is 19.9 Å². The lowest BCUT2D eigenvalue weighted by Gasteiger charge is -2.06. The first-order valence-corrected chi connectivity index (χ1v) is 6.30. The van der Waals surface area contributed by atoms with Crippen molar-refractivity contribution in [2.75, 3.05) is 5.32 Å². The molecule has 0 atom stereocenters. The summed E-state index contributed by atoms with van der Waals surface area (Å²) in [6.07, 6.45) is 4.09. The largest absolute Gasteiger partial charge is 0.444 e. The molecule has 0 saturated carbocycles. The molecule has 0 aromatic carbocycles. The van der Waals surface area contributed by atoms with Crippen molar-refractivity contribution in [1.29, 1.82) is 0 Å². The second-order valence-corrected chi connectivity index (χ2v) is 4.52. The predicted molar refractivity (Wildman–Crippen MR) is 70.4 cm³/mol. The Bertz CT molecular complexity index is 605. The molecule has 0 aliphatic heterocycles. The van der Waals surface area contributed by atoms with Crippen molar-refractivity contribution in [1.82, 2.24) is 14.8 Å². The van der Waals surface area contributed by atoms with E-state index in [-0.39, 0.29) is 5.56 Å². The molecule has 1 N–H and O–H groups in total. The summed E-state index contributed by atoms with van der Waals surface area (Å²) in [5.41, 5.74) is 0.427. The van der Waals surface area contributed by atoms with E-state index < -0.39 is 0 Å². The molecule has 96 valence electrons. The number of anilines is 1. The van der Waals surface area contributed by atoms with Crippen molar-refractivity contribution < 1.29 is 4.42 Å². The van der Waals surface area contributed by atoms with E-state index in [9.17, 15) is 4.79 Å². The van der Waals surface area contributed by atoms with E-state index in [4.69, 9.17) is 4.42 Å². The highest BCUT2D eigenvalue weighted by Gasteiger charge is 2.08. The zero-order valence-electron chi connectivity index (χ0n) is 10.1. The van der Waals surface area contributed by atoms with Crippen LogP contribution in [0.15, 0.2) is 26.1 Å². The van der Waals surface area contributed by atoms with Crippen LogP contribution in [0.4, 0.5) is 5.69 Å². The van der Waals surface area contributed by atoms with Gasteiger partial charge in [0, 0.05) is 13.5 Å². The quantitative estimate of drug-likeness (QED) is 0.930. The molecule has 2 aromatic rings. The molecular weight excluding hydrogens is 300 g/mol. The Morgan fingerprint density at radius 3 is 2.94 bits per heavy atom. The van der Waals surface area contributed by atoms with Crippen LogP contribution in [0.25, 0.3) is 0 Å². The van der Waals surface area contributed by atoms with Gasteiger partial charge in [-0.3, -0.25) is 4.79 Å². The van der Waals surface area contributed by atoms with Crippen LogP contribution in [0, 0.1) is 0 Å². The van der Waals surface area contributed by atoms with Gasteiger partial charge in [0.2, 0.25) is 5.89 Å². The van der Waals surface area contributed by atoms with Crippen LogP contribution in [0.2, 0.25) is 0 Å². The van der Waals surface area contributed by atoms with Crippen molar-refractivity contribution in [2.24, 2.45) is 7.05 Å². The van der Waals surface area contributed by atoms with Gasteiger partial charge in [0.05, 0.1) is 24.6 Å². The van der Waals surface area contributed by atoms with E-state index in [0.717, 1.165) is 12.2 Å². The molecular formula is C11H13BrN4O2. The molecule has 0 fully saturated rings. The fourth-order valence-electron chi connectivity index (χ4n) is 1.40. The van der Waals surface area contributed by atoms with Gasteiger partial charge in [-0.15, -0.1) is 0 Å². The fourth-order valence-corrected chi connectivity index (χ4v) is 1.90. The number of nitrogens with one attached hydrogen (secondary N) is 1. The summed E-state index contributed by atoms with van der Waals surface area (Å²) in [5, 5.41) is 6.99. The molecule has 2 aromatic heterocycles. The van der Waals surface area contributed by atoms with Crippen LogP contribution >= 0.6 is 15.9 Å². The molecule has 0 amide bonds. The third kappa shape index (κ3) is 2.61. The maximum absolute atomic E-state index is 11.6. The van der Waals surface area contributed by atoms with Crippen LogP contribution in [0.5, 0.6) is 0 Å². The smallest absolute Gasteiger partial charge is 0.282 e. The summed E-state index contributed by atoms with van der Waals surface area (Å²) in [4.78, 5) is 15.7. The number of halogens is 1. The Morgan fingerprint density at radius 2 is 2.28 bits per heavy atom. The Balaban J connectivity index is 2.11. The normalized spacial score (nSPS) is 10.6. The van der Waals surface area contributed by atoms with E-state index in [1.165, 1.54) is 4.68 Å². The van der Waals surface area contributed by atoms with Gasteiger partial charge in [-0.1, -0.05) is 6.92 Å². The van der Waals surface area contributed by atoms with Crippen molar-refractivity contribution >= 4 is 21.6 Å². The number of aryl methyl sites for hydroxylation is 2. The van der Waals surface area contributed by atoms with E-state index in [0.29, 0.717) is 22.6 Å². The highest BCUT2D eigenvalue weighted by atomic mass is 79.9. The SMILES string of the molecule is CCc1cnc(CNc2cnn(C)c(=O)c2Br)o1. The van der Waals surface area contributed by atoms with Crippen molar-refractivity contribution in [3.05, 3.63) is 38.9 Å². The monoisotopic (exact) mass is 312 g/mol. The van der Waals surface area contributed by atoms with Gasteiger partial charge in [0.1, 0.15) is 10.2 Å². The Kier molecular flexibility index (Phi) is 3.81. The molecule has 2 rings (SSSR count). The van der Waals surface area contributed by atoms with Crippen LogP contribution in [0.1, 0.15) is 18.6 Å². The first kappa shape index (κ1) is 12.8. The predicted octanol–water partition coefficient (Wildman–Crippen LogP) is 1.71. The molecule has 0 aliphatic rings. The van der Waals surface area contributed by atoms with Gasteiger partial charge in [-0.05, 0) is 15.9 Å². The van der Waals surface area contributed by atoms with E-state index in [1.807, 2.05) is 6.92 Å². The van der Waals surface area contributed by atoms with E-state index in [1.54, 1.807) is 19.4 Å². The van der Waals surface area contributed by atoms with E-state index >= 15 is 0 Å². The Hall–Kier alpha value is -1.63. The zero-order chi connectivity index (χ0) is 13.1. The highest BCUT2D eigenvalue weighted by Crippen LogP contribution is 2.17. The van der Waals surface area contributed by atoms with Gasteiger partial charge in [-0.25, -0.2) is 9.67 Å². The molecule has 0 aliphatic carbocycles. The number of nitrogens with zero attached hydrogens (tertiary/aromatic N) is 3. The molecule has 0 saturated heterocycles. The van der Waals surface area contributed by atoms with Gasteiger partial charge >= 0.3 is 0 Å². The number of rotatable bonds is 4. The molecule has 2 heterocycles. The lowest BCUT2D eigenvalue weighted by molar-refractivity contribution is 0.465. The topological polar surface area (TPSA) is 73.0 Å². The maximum Gasteiger partial charge on any atom is 0.282 e. The van der Waals surface area contributed by atoms with Crippen LogP contribution < -0.4 is 10.9 Å². The second kappa shape index (κ2) is 5.34. The highest BCUT2D eigenvalue weighted by molar-refractivity contribution is 9.10. The number of oxazole rings is 1. The lowest BCUT2D eigenvalue weighted by Crippen LogP contribution is -2.21. The van der Waals surface area contributed by atoms with Gasteiger partial charge in [-0.2, -0.15) is 5.10 Å². The second-order valence-electron chi connectivity index (χ2n) is 3.73. The van der Waals surface area contributed by atoms with Crippen molar-refractivity contribution in [3.8, 4) is 0 Å². The van der Waals surface area contributed by atoms with Crippen LogP contribution in [-0.4, -0.2) is 14.8 Å². The minimum atomic E-state index is -0.193. The lowest BCUT2D eigenvalue weighted by atomic mass is 10.4. The third-order valence-electron chi connectivity index (χ3n) is 2.46.